The number of unbranched alkanes of at least 4 members (excludes halogenated alkanes) is 1. The van der Waals surface area contributed by atoms with Crippen LogP contribution in [0.3, 0.4) is 0 Å². The first-order valence-corrected chi connectivity index (χ1v) is 7.39. The number of carbonyl (C=O) groups is 2. The van der Waals surface area contributed by atoms with Crippen molar-refractivity contribution in [3.8, 4) is 0 Å². The monoisotopic (exact) mass is 292 g/mol. The van der Waals surface area contributed by atoms with Crippen LogP contribution in [0.25, 0.3) is 0 Å². The Labute approximate surface area is 126 Å². The molecule has 0 atom stereocenters. The average molecular weight is 292 g/mol. The molecule has 0 unspecified atom stereocenters. The van der Waals surface area contributed by atoms with Gasteiger partial charge in [0, 0.05) is 19.4 Å². The second-order valence-electron chi connectivity index (χ2n) is 4.93. The fourth-order valence-electron chi connectivity index (χ4n) is 1.83. The Hall–Kier alpha value is -1.88. The van der Waals surface area contributed by atoms with Crippen LogP contribution >= 0.6 is 0 Å². The van der Waals surface area contributed by atoms with Crippen molar-refractivity contribution in [1.82, 2.24) is 5.06 Å². The summed E-state index contributed by atoms with van der Waals surface area (Å²) in [6.07, 6.45) is 2.84. The zero-order chi connectivity index (χ0) is 15.5. The number of amides is 2. The molecule has 5 heteroatoms. The zero-order valence-corrected chi connectivity index (χ0v) is 12.6. The Bertz CT molecular complexity index is 434. The maximum atomic E-state index is 12.1. The van der Waals surface area contributed by atoms with E-state index in [0.717, 1.165) is 18.4 Å². The molecule has 0 bridgehead atoms. The van der Waals surface area contributed by atoms with E-state index in [0.29, 0.717) is 19.6 Å². The molecule has 2 N–H and O–H groups in total. The van der Waals surface area contributed by atoms with Gasteiger partial charge in [-0.2, -0.15) is 0 Å². The van der Waals surface area contributed by atoms with Crippen LogP contribution in [-0.2, 0) is 21.0 Å². The average Bonchev–Trinajstić information content (AvgIpc) is 2.48. The minimum atomic E-state index is -0.381. The van der Waals surface area contributed by atoms with E-state index in [-0.39, 0.29) is 24.7 Å². The number of benzene rings is 1. The Kier molecular flexibility index (Phi) is 8.12. The highest BCUT2D eigenvalue weighted by Crippen LogP contribution is 2.08. The first kappa shape index (κ1) is 17.2. The van der Waals surface area contributed by atoms with Gasteiger partial charge in [0.25, 0.3) is 0 Å². The van der Waals surface area contributed by atoms with Gasteiger partial charge in [0.05, 0.1) is 0 Å². The third kappa shape index (κ3) is 7.46. The topological polar surface area (TPSA) is 72.6 Å². The summed E-state index contributed by atoms with van der Waals surface area (Å²) in [5.74, 6) is -0.478. The molecular weight excluding hydrogens is 268 g/mol. The van der Waals surface area contributed by atoms with E-state index in [1.807, 2.05) is 30.3 Å². The van der Waals surface area contributed by atoms with Gasteiger partial charge in [-0.15, -0.1) is 0 Å². The second kappa shape index (κ2) is 9.94. The van der Waals surface area contributed by atoms with Gasteiger partial charge in [-0.3, -0.25) is 14.4 Å². The number of nitrogens with zero attached hydrogens (tertiary/aromatic N) is 1. The highest BCUT2D eigenvalue weighted by Gasteiger charge is 2.14. The van der Waals surface area contributed by atoms with Crippen molar-refractivity contribution >= 4 is 11.8 Å². The molecule has 5 nitrogen and oxygen atoms in total. The summed E-state index contributed by atoms with van der Waals surface area (Å²) in [6, 6.07) is 9.71. The standard InChI is InChI=1S/C16H24N2O3/c1-2-3-12-18(16(20)11-7-10-15(17)19)21-13-14-8-5-4-6-9-14/h4-6,8-9H,2-3,7,10-13H2,1H3,(H2,17,19). The maximum Gasteiger partial charge on any atom is 0.246 e. The Morgan fingerprint density at radius 2 is 1.86 bits per heavy atom. The predicted molar refractivity (Wildman–Crippen MR) is 80.9 cm³/mol. The summed E-state index contributed by atoms with van der Waals surface area (Å²) >= 11 is 0. The Morgan fingerprint density at radius 1 is 1.14 bits per heavy atom. The SMILES string of the molecule is CCCCN(OCc1ccccc1)C(=O)CCCC(N)=O. The van der Waals surface area contributed by atoms with Gasteiger partial charge in [-0.1, -0.05) is 43.7 Å². The van der Waals surface area contributed by atoms with Crippen LogP contribution in [-0.4, -0.2) is 23.4 Å². The van der Waals surface area contributed by atoms with Gasteiger partial charge in [0.1, 0.15) is 6.61 Å². The summed E-state index contributed by atoms with van der Waals surface area (Å²) in [7, 11) is 0. The number of nitrogens with two attached hydrogens (primary N) is 1. The molecule has 1 rings (SSSR count). The van der Waals surface area contributed by atoms with E-state index >= 15 is 0 Å². The number of rotatable bonds is 10. The molecule has 0 fully saturated rings. The minimum absolute atomic E-state index is 0.0966. The number of hydroxylamine groups is 2. The molecule has 0 aliphatic heterocycles. The highest BCUT2D eigenvalue weighted by atomic mass is 16.7. The summed E-state index contributed by atoms with van der Waals surface area (Å²) in [5, 5.41) is 1.41. The molecule has 1 aromatic carbocycles. The van der Waals surface area contributed by atoms with Crippen molar-refractivity contribution in [2.45, 2.75) is 45.6 Å². The number of primary amides is 1. The smallest absolute Gasteiger partial charge is 0.246 e. The van der Waals surface area contributed by atoms with Crippen molar-refractivity contribution < 1.29 is 14.4 Å². The van der Waals surface area contributed by atoms with Crippen molar-refractivity contribution in [3.63, 3.8) is 0 Å². The van der Waals surface area contributed by atoms with Crippen LogP contribution in [0.4, 0.5) is 0 Å². The van der Waals surface area contributed by atoms with Crippen LogP contribution in [0, 0.1) is 0 Å². The Morgan fingerprint density at radius 3 is 2.48 bits per heavy atom. The van der Waals surface area contributed by atoms with Crippen molar-refractivity contribution in [3.05, 3.63) is 35.9 Å². The third-order valence-corrected chi connectivity index (χ3v) is 3.04. The number of carbonyl (C=O) groups excluding carboxylic acids is 2. The van der Waals surface area contributed by atoms with Crippen LogP contribution in [0.1, 0.15) is 44.6 Å². The van der Waals surface area contributed by atoms with E-state index in [9.17, 15) is 9.59 Å². The second-order valence-corrected chi connectivity index (χ2v) is 4.93. The highest BCUT2D eigenvalue weighted by molar-refractivity contribution is 5.77. The molecule has 0 aliphatic rings. The van der Waals surface area contributed by atoms with E-state index in [1.54, 1.807) is 0 Å². The molecule has 2 amide bonds. The first-order valence-electron chi connectivity index (χ1n) is 7.39. The molecule has 0 aliphatic carbocycles. The zero-order valence-electron chi connectivity index (χ0n) is 12.6. The molecule has 0 radical (unpaired) electrons. The van der Waals surface area contributed by atoms with Crippen LogP contribution in [0.15, 0.2) is 30.3 Å². The normalized spacial score (nSPS) is 10.3. The lowest BCUT2D eigenvalue weighted by molar-refractivity contribution is -0.192. The van der Waals surface area contributed by atoms with Gasteiger partial charge in [0.2, 0.25) is 11.8 Å². The number of hydrogen-bond acceptors (Lipinski definition) is 3. The minimum Gasteiger partial charge on any atom is -0.370 e. The Balaban J connectivity index is 2.45. The van der Waals surface area contributed by atoms with Gasteiger partial charge in [-0.25, -0.2) is 5.06 Å². The molecule has 116 valence electrons. The summed E-state index contributed by atoms with van der Waals surface area (Å²) < 4.78 is 0. The fraction of sp³-hybridized carbons (Fsp3) is 0.500. The lowest BCUT2D eigenvalue weighted by Gasteiger charge is -2.21. The molecule has 21 heavy (non-hydrogen) atoms. The first-order chi connectivity index (χ1) is 10.1. The van der Waals surface area contributed by atoms with Gasteiger partial charge in [-0.05, 0) is 18.4 Å². The summed E-state index contributed by atoms with van der Waals surface area (Å²) in [5.41, 5.74) is 6.09. The van der Waals surface area contributed by atoms with Crippen molar-refractivity contribution in [1.29, 1.82) is 0 Å². The van der Waals surface area contributed by atoms with E-state index in [2.05, 4.69) is 6.92 Å². The molecular formula is C16H24N2O3. The van der Waals surface area contributed by atoms with Crippen molar-refractivity contribution in [2.24, 2.45) is 5.73 Å². The largest absolute Gasteiger partial charge is 0.370 e. The van der Waals surface area contributed by atoms with E-state index in [1.165, 1.54) is 5.06 Å². The summed E-state index contributed by atoms with van der Waals surface area (Å²) in [6.45, 7) is 3.00. The van der Waals surface area contributed by atoms with Gasteiger partial charge in [0.15, 0.2) is 0 Å². The predicted octanol–water partition coefficient (Wildman–Crippen LogP) is 2.40. The van der Waals surface area contributed by atoms with E-state index in [4.69, 9.17) is 10.6 Å². The fourth-order valence-corrected chi connectivity index (χ4v) is 1.83. The molecule has 0 aromatic heterocycles. The molecule has 0 saturated heterocycles. The lowest BCUT2D eigenvalue weighted by Crippen LogP contribution is -2.32. The van der Waals surface area contributed by atoms with E-state index < -0.39 is 0 Å². The lowest BCUT2D eigenvalue weighted by atomic mass is 10.2. The summed E-state index contributed by atoms with van der Waals surface area (Å²) in [4.78, 5) is 28.4. The molecule has 0 spiro atoms. The maximum absolute atomic E-state index is 12.1. The van der Waals surface area contributed by atoms with Crippen LogP contribution in [0.5, 0.6) is 0 Å². The van der Waals surface area contributed by atoms with Crippen molar-refractivity contribution in [2.75, 3.05) is 6.54 Å². The van der Waals surface area contributed by atoms with Crippen LogP contribution < -0.4 is 5.73 Å². The van der Waals surface area contributed by atoms with Gasteiger partial charge >= 0.3 is 0 Å². The molecule has 0 heterocycles. The molecule has 0 saturated carbocycles. The molecule has 1 aromatic rings. The van der Waals surface area contributed by atoms with Gasteiger partial charge < -0.3 is 5.73 Å². The third-order valence-electron chi connectivity index (χ3n) is 3.04. The van der Waals surface area contributed by atoms with Crippen LogP contribution in [0.2, 0.25) is 0 Å². The quantitative estimate of drug-likeness (QED) is 0.673. The number of hydrogen-bond donors (Lipinski definition) is 1.